The molecule has 1 N–H and O–H groups in total. The van der Waals surface area contributed by atoms with Crippen LogP contribution in [0, 0.1) is 0 Å². The van der Waals surface area contributed by atoms with Crippen molar-refractivity contribution < 1.29 is 4.74 Å². The van der Waals surface area contributed by atoms with Gasteiger partial charge in [0.25, 0.3) is 0 Å². The molecule has 1 aromatic rings. The molecule has 1 saturated heterocycles. The van der Waals surface area contributed by atoms with Crippen LogP contribution in [0.2, 0.25) is 5.02 Å². The van der Waals surface area contributed by atoms with Gasteiger partial charge < -0.3 is 10.1 Å². The van der Waals surface area contributed by atoms with Gasteiger partial charge in [0.2, 0.25) is 0 Å². The molecule has 1 saturated carbocycles. The van der Waals surface area contributed by atoms with Crippen LogP contribution in [-0.4, -0.2) is 50.3 Å². The van der Waals surface area contributed by atoms with Gasteiger partial charge in [-0.3, -0.25) is 4.90 Å². The Labute approximate surface area is 126 Å². The molecule has 3 nitrogen and oxygen atoms in total. The second-order valence-electron chi connectivity index (χ2n) is 5.82. The van der Waals surface area contributed by atoms with Gasteiger partial charge in [-0.05, 0) is 36.5 Å². The van der Waals surface area contributed by atoms with Gasteiger partial charge >= 0.3 is 0 Å². The fraction of sp³-hybridized carbons (Fsp3) is 0.625. The van der Waals surface area contributed by atoms with E-state index < -0.39 is 0 Å². The van der Waals surface area contributed by atoms with Crippen LogP contribution in [-0.2, 0) is 4.74 Å². The number of nitrogens with zero attached hydrogens (tertiary/aromatic N) is 1. The van der Waals surface area contributed by atoms with Gasteiger partial charge in [-0.25, -0.2) is 0 Å². The zero-order valence-electron chi connectivity index (χ0n) is 11.9. The summed E-state index contributed by atoms with van der Waals surface area (Å²) >= 11 is 5.92. The minimum atomic E-state index is 0.691. The van der Waals surface area contributed by atoms with Gasteiger partial charge in [-0.1, -0.05) is 23.7 Å². The molecule has 1 aliphatic heterocycles. The first kappa shape index (κ1) is 14.3. The fourth-order valence-corrected chi connectivity index (χ4v) is 3.17. The third kappa shape index (κ3) is 3.73. The Morgan fingerprint density at radius 2 is 1.85 bits per heavy atom. The summed E-state index contributed by atoms with van der Waals surface area (Å²) < 4.78 is 5.36. The van der Waals surface area contributed by atoms with Crippen molar-refractivity contribution in [2.45, 2.75) is 24.8 Å². The fourth-order valence-electron chi connectivity index (χ4n) is 3.04. The maximum absolute atomic E-state index is 5.92. The van der Waals surface area contributed by atoms with E-state index in [1.165, 1.54) is 18.4 Å². The lowest BCUT2D eigenvalue weighted by Gasteiger charge is -2.37. The summed E-state index contributed by atoms with van der Waals surface area (Å²) in [6.45, 7) is 6.19. The summed E-state index contributed by atoms with van der Waals surface area (Å²) in [5.41, 5.74) is 1.43. The molecule has 1 aromatic carbocycles. The summed E-state index contributed by atoms with van der Waals surface area (Å²) in [5.74, 6) is 0.716. The van der Waals surface area contributed by atoms with Crippen LogP contribution in [0.4, 0.5) is 0 Å². The first-order valence-electron chi connectivity index (χ1n) is 7.60. The highest BCUT2D eigenvalue weighted by Crippen LogP contribution is 2.37. The van der Waals surface area contributed by atoms with Gasteiger partial charge in [0, 0.05) is 37.2 Å². The molecular weight excluding hydrogens is 272 g/mol. The molecular formula is C16H23ClN2O. The lowest BCUT2D eigenvalue weighted by molar-refractivity contribution is 0.0376. The van der Waals surface area contributed by atoms with Crippen molar-refractivity contribution in [2.75, 3.05) is 39.4 Å². The van der Waals surface area contributed by atoms with Crippen LogP contribution in [0.1, 0.15) is 24.3 Å². The van der Waals surface area contributed by atoms with Crippen LogP contribution in [0.15, 0.2) is 24.3 Å². The number of rotatable bonds is 5. The topological polar surface area (TPSA) is 24.5 Å². The molecule has 0 bridgehead atoms. The van der Waals surface area contributed by atoms with E-state index in [-0.39, 0.29) is 0 Å². The Hall–Kier alpha value is -0.610. The minimum absolute atomic E-state index is 0.691. The zero-order valence-corrected chi connectivity index (χ0v) is 12.6. The maximum Gasteiger partial charge on any atom is 0.0594 e. The molecule has 3 rings (SSSR count). The van der Waals surface area contributed by atoms with Crippen LogP contribution in [0.5, 0.6) is 0 Å². The van der Waals surface area contributed by atoms with Gasteiger partial charge in [-0.2, -0.15) is 0 Å². The third-order valence-corrected chi connectivity index (χ3v) is 4.70. The smallest absolute Gasteiger partial charge is 0.0594 e. The molecule has 0 aromatic heterocycles. The highest BCUT2D eigenvalue weighted by molar-refractivity contribution is 6.30. The molecule has 20 heavy (non-hydrogen) atoms. The Morgan fingerprint density at radius 1 is 1.15 bits per heavy atom. The Bertz CT molecular complexity index is 411. The van der Waals surface area contributed by atoms with Crippen molar-refractivity contribution in [3.05, 3.63) is 34.9 Å². The van der Waals surface area contributed by atoms with E-state index in [9.17, 15) is 0 Å². The highest BCUT2D eigenvalue weighted by atomic mass is 35.5. The Balaban J connectivity index is 1.33. The maximum atomic E-state index is 5.92. The van der Waals surface area contributed by atoms with Crippen molar-refractivity contribution in [1.29, 1.82) is 0 Å². The van der Waals surface area contributed by atoms with Gasteiger partial charge in [0.05, 0.1) is 13.2 Å². The van der Waals surface area contributed by atoms with Crippen molar-refractivity contribution in [3.8, 4) is 0 Å². The molecule has 0 amide bonds. The number of nitrogens with one attached hydrogen (secondary N) is 1. The normalized spacial score (nSPS) is 27.2. The number of hydrogen-bond acceptors (Lipinski definition) is 3. The number of halogens is 1. The monoisotopic (exact) mass is 294 g/mol. The van der Waals surface area contributed by atoms with Crippen molar-refractivity contribution in [1.82, 2.24) is 10.2 Å². The molecule has 0 radical (unpaired) electrons. The van der Waals surface area contributed by atoms with Crippen LogP contribution < -0.4 is 5.32 Å². The lowest BCUT2D eigenvalue weighted by atomic mass is 9.76. The zero-order chi connectivity index (χ0) is 13.8. The van der Waals surface area contributed by atoms with E-state index in [1.54, 1.807) is 0 Å². The van der Waals surface area contributed by atoms with Crippen molar-refractivity contribution in [2.24, 2.45) is 0 Å². The largest absolute Gasteiger partial charge is 0.379 e. The standard InChI is InChI=1S/C16H23ClN2O/c17-15-3-1-13(2-4-15)14-11-16(12-14)18-5-6-19-7-9-20-10-8-19/h1-4,14,16,18H,5-12H2. The number of hydrogen-bond donors (Lipinski definition) is 1. The summed E-state index contributed by atoms with van der Waals surface area (Å²) in [4.78, 5) is 2.48. The quantitative estimate of drug-likeness (QED) is 0.903. The van der Waals surface area contributed by atoms with E-state index >= 15 is 0 Å². The number of ether oxygens (including phenoxy) is 1. The summed E-state index contributed by atoms with van der Waals surface area (Å²) in [6.07, 6.45) is 2.51. The molecule has 2 aliphatic rings. The molecule has 4 heteroatoms. The van der Waals surface area contributed by atoms with E-state index in [1.807, 2.05) is 12.1 Å². The molecule has 2 fully saturated rings. The van der Waals surface area contributed by atoms with E-state index in [0.717, 1.165) is 44.4 Å². The first-order valence-corrected chi connectivity index (χ1v) is 7.98. The van der Waals surface area contributed by atoms with Crippen molar-refractivity contribution in [3.63, 3.8) is 0 Å². The predicted octanol–water partition coefficient (Wildman–Crippen LogP) is 2.51. The number of benzene rings is 1. The summed E-state index contributed by atoms with van der Waals surface area (Å²) in [5, 5.41) is 4.50. The van der Waals surface area contributed by atoms with Gasteiger partial charge in [0.15, 0.2) is 0 Å². The van der Waals surface area contributed by atoms with E-state index in [4.69, 9.17) is 16.3 Å². The molecule has 1 aliphatic carbocycles. The molecule has 110 valence electrons. The number of morpholine rings is 1. The molecule has 1 heterocycles. The second kappa shape index (κ2) is 6.90. The lowest BCUT2D eigenvalue weighted by Crippen LogP contribution is -2.45. The first-order chi connectivity index (χ1) is 9.81. The highest BCUT2D eigenvalue weighted by Gasteiger charge is 2.29. The molecule has 0 unspecified atom stereocenters. The van der Waals surface area contributed by atoms with E-state index in [2.05, 4.69) is 22.3 Å². The van der Waals surface area contributed by atoms with Crippen LogP contribution in [0.3, 0.4) is 0 Å². The summed E-state index contributed by atoms with van der Waals surface area (Å²) in [7, 11) is 0. The average Bonchev–Trinajstić information content (AvgIpc) is 2.44. The molecule has 0 spiro atoms. The minimum Gasteiger partial charge on any atom is -0.379 e. The third-order valence-electron chi connectivity index (χ3n) is 4.44. The Kier molecular flexibility index (Phi) is 4.94. The molecule has 0 atom stereocenters. The van der Waals surface area contributed by atoms with E-state index in [0.29, 0.717) is 12.0 Å². The SMILES string of the molecule is Clc1ccc(C2CC(NCCN3CCOCC3)C2)cc1. The van der Waals surface area contributed by atoms with Crippen LogP contribution >= 0.6 is 11.6 Å². The summed E-state index contributed by atoms with van der Waals surface area (Å²) in [6, 6.07) is 9.01. The van der Waals surface area contributed by atoms with Crippen LogP contribution in [0.25, 0.3) is 0 Å². The van der Waals surface area contributed by atoms with Gasteiger partial charge in [-0.15, -0.1) is 0 Å². The van der Waals surface area contributed by atoms with Crippen molar-refractivity contribution >= 4 is 11.6 Å². The Morgan fingerprint density at radius 3 is 2.55 bits per heavy atom. The second-order valence-corrected chi connectivity index (χ2v) is 6.26. The average molecular weight is 295 g/mol. The van der Waals surface area contributed by atoms with Gasteiger partial charge in [0.1, 0.15) is 0 Å². The predicted molar refractivity (Wildman–Crippen MR) is 82.5 cm³/mol.